The Hall–Kier alpha value is -2.50. The van der Waals surface area contributed by atoms with Gasteiger partial charge in [-0.1, -0.05) is 6.58 Å². The van der Waals surface area contributed by atoms with Gasteiger partial charge < -0.3 is 31.2 Å². The Morgan fingerprint density at radius 2 is 2.27 bits per heavy atom. The summed E-state index contributed by atoms with van der Waals surface area (Å²) >= 11 is 1.87. The monoisotopic (exact) mass is 435 g/mol. The van der Waals surface area contributed by atoms with Crippen molar-refractivity contribution in [2.24, 2.45) is 5.73 Å². The second kappa shape index (κ2) is 9.11. The first kappa shape index (κ1) is 22.2. The van der Waals surface area contributed by atoms with Crippen molar-refractivity contribution >= 4 is 29.0 Å². The maximum atomic E-state index is 10.5. The van der Waals surface area contributed by atoms with Crippen molar-refractivity contribution in [2.75, 3.05) is 31.2 Å². The number of thioether (sulfide) groups is 1. The smallest absolute Gasteiger partial charge is 0.199 e. The van der Waals surface area contributed by atoms with E-state index in [0.717, 1.165) is 18.8 Å². The highest BCUT2D eigenvalue weighted by Gasteiger charge is 2.24. The van der Waals surface area contributed by atoms with Crippen LogP contribution in [0.15, 0.2) is 17.3 Å². The Kier molecular flexibility index (Phi) is 6.74. The fourth-order valence-corrected chi connectivity index (χ4v) is 4.15. The van der Waals surface area contributed by atoms with Crippen molar-refractivity contribution in [1.82, 2.24) is 25.2 Å². The van der Waals surface area contributed by atoms with Gasteiger partial charge in [0.05, 0.1) is 10.9 Å². The third kappa shape index (κ3) is 4.47. The van der Waals surface area contributed by atoms with Gasteiger partial charge in [-0.25, -0.2) is 9.61 Å². The second-order valence-electron chi connectivity index (χ2n) is 7.42. The molecule has 1 aliphatic rings. The van der Waals surface area contributed by atoms with Gasteiger partial charge in [0.25, 0.3) is 0 Å². The average molecular weight is 436 g/mol. The predicted molar refractivity (Wildman–Crippen MR) is 117 cm³/mol. The molecule has 3 heterocycles. The van der Waals surface area contributed by atoms with Gasteiger partial charge in [-0.15, -0.1) is 0 Å². The Bertz CT molecular complexity index is 1020. The zero-order chi connectivity index (χ0) is 21.9. The van der Waals surface area contributed by atoms with Crippen molar-refractivity contribution in [3.63, 3.8) is 0 Å². The highest BCUT2D eigenvalue weighted by molar-refractivity contribution is 8.00. The van der Waals surface area contributed by atoms with Crippen molar-refractivity contribution in [1.29, 1.82) is 0 Å². The van der Waals surface area contributed by atoms with Gasteiger partial charge in [0.2, 0.25) is 0 Å². The number of nitrogens with one attached hydrogen (secondary N) is 1. The number of aliphatic hydroxyl groups is 1. The Labute approximate surface area is 179 Å². The maximum Gasteiger partial charge on any atom is 0.199 e. The first-order chi connectivity index (χ1) is 14.3. The molecule has 0 aliphatic carbocycles. The fourth-order valence-electron chi connectivity index (χ4n) is 3.15. The number of hydrogen-bond donors (Lipinski definition) is 4. The van der Waals surface area contributed by atoms with Gasteiger partial charge in [-0.3, -0.25) is 0 Å². The van der Waals surface area contributed by atoms with Crippen molar-refractivity contribution < 1.29 is 14.5 Å². The van der Waals surface area contributed by atoms with Gasteiger partial charge in [0.1, 0.15) is 28.7 Å². The summed E-state index contributed by atoms with van der Waals surface area (Å²) < 4.78 is 12.8. The summed E-state index contributed by atoms with van der Waals surface area (Å²) in [6, 6.07) is 0. The fraction of sp³-hybridized carbons (Fsp3) is 0.526. The van der Waals surface area contributed by atoms with E-state index in [9.17, 15) is 5.11 Å². The molecule has 30 heavy (non-hydrogen) atoms. The Morgan fingerprint density at radius 1 is 1.50 bits per heavy atom. The molecule has 3 rings (SSSR count). The van der Waals surface area contributed by atoms with E-state index in [4.69, 9.17) is 20.8 Å². The van der Waals surface area contributed by atoms with Crippen LogP contribution < -0.4 is 27.5 Å². The van der Waals surface area contributed by atoms with E-state index in [-0.39, 0.29) is 11.5 Å². The summed E-state index contributed by atoms with van der Waals surface area (Å²) in [4.78, 5) is 4.65. The number of nitrogens with two attached hydrogens (primary N) is 2. The first-order valence-electron chi connectivity index (χ1n) is 9.77. The average Bonchev–Trinajstić information content (AvgIpc) is 3.31. The number of anilines is 1. The Balaban J connectivity index is 2.24. The summed E-state index contributed by atoms with van der Waals surface area (Å²) in [5.41, 5.74) is 11.4. The maximum absolute atomic E-state index is 10.5. The molecule has 0 saturated carbocycles. The highest BCUT2D eigenvalue weighted by Crippen LogP contribution is 2.19. The molecule has 1 fully saturated rings. The van der Waals surface area contributed by atoms with Crippen molar-refractivity contribution in [2.45, 2.75) is 38.2 Å². The van der Waals surface area contributed by atoms with Crippen LogP contribution in [-0.4, -0.2) is 61.3 Å². The summed E-state index contributed by atoms with van der Waals surface area (Å²) in [6.45, 7) is 12.0. The molecule has 0 aromatic carbocycles. The summed E-state index contributed by atoms with van der Waals surface area (Å²) in [6.07, 6.45) is 1.62. The third-order valence-electron chi connectivity index (χ3n) is 4.77. The lowest BCUT2D eigenvalue weighted by Crippen LogP contribution is -2.42. The molecule has 0 bridgehead atoms. The highest BCUT2D eigenvalue weighted by atomic mass is 32.2. The van der Waals surface area contributed by atoms with Gasteiger partial charge in [0, 0.05) is 25.4 Å². The van der Waals surface area contributed by atoms with Gasteiger partial charge in [-0.2, -0.15) is 11.8 Å². The van der Waals surface area contributed by atoms with E-state index in [1.54, 1.807) is 19.9 Å². The minimum atomic E-state index is -1.30. The summed E-state index contributed by atoms with van der Waals surface area (Å²) in [7, 11) is 0. The van der Waals surface area contributed by atoms with Gasteiger partial charge in [0.15, 0.2) is 17.3 Å². The first-order valence-corrected chi connectivity index (χ1v) is 10.8. The number of aromatic nitrogens is 4. The summed E-state index contributed by atoms with van der Waals surface area (Å²) in [5, 5.41) is 22.7. The zero-order valence-electron chi connectivity index (χ0n) is 17.5. The third-order valence-corrected chi connectivity index (χ3v) is 5.99. The SMILES string of the molecule is C=C/C(OC[C@@H]1CNCCS1)=c1\c(=C(/N)C(C)(C)O)nc(-c2nonc2N)n1CC. The quantitative estimate of drug-likeness (QED) is 0.443. The van der Waals surface area contributed by atoms with E-state index >= 15 is 0 Å². The molecule has 11 heteroatoms. The molecule has 2 aromatic heterocycles. The number of nitrogens with zero attached hydrogens (tertiary/aromatic N) is 4. The lowest BCUT2D eigenvalue weighted by Gasteiger charge is -2.22. The standard InChI is InChI=1S/C19H29N7O3S/c1-5-12(28-10-11-9-22-7-8-30-11)15-13(16(20)19(3,4)27)23-18(26(15)6-2)14-17(21)25-29-24-14/h5,11,22,27H,1,6-10,20H2,2-4H3,(H2,21,25)/b15-12-,16-13+/t11-/m0/s1. The van der Waals surface area contributed by atoms with Crippen molar-refractivity contribution in [3.8, 4) is 11.5 Å². The van der Waals surface area contributed by atoms with Crippen LogP contribution in [0.3, 0.4) is 0 Å². The molecule has 0 amide bonds. The number of hydrogen-bond acceptors (Lipinski definition) is 10. The molecule has 164 valence electrons. The normalized spacial score (nSPS) is 19.4. The molecule has 0 spiro atoms. The molecule has 0 radical (unpaired) electrons. The molecule has 1 aliphatic heterocycles. The molecular weight excluding hydrogens is 406 g/mol. The number of ether oxygens (including phenoxy) is 1. The van der Waals surface area contributed by atoms with Crippen molar-refractivity contribution in [3.05, 3.63) is 23.4 Å². The van der Waals surface area contributed by atoms with Crippen LogP contribution in [0.25, 0.3) is 23.0 Å². The number of nitrogen functional groups attached to an aromatic ring is 1. The van der Waals surface area contributed by atoms with E-state index in [1.165, 1.54) is 0 Å². The molecule has 2 aromatic rings. The minimum absolute atomic E-state index is 0.111. The lowest BCUT2D eigenvalue weighted by molar-refractivity contribution is 0.140. The van der Waals surface area contributed by atoms with Gasteiger partial charge in [-0.05, 0) is 37.2 Å². The van der Waals surface area contributed by atoms with E-state index < -0.39 is 5.60 Å². The van der Waals surface area contributed by atoms with Crippen LogP contribution in [0.5, 0.6) is 0 Å². The number of rotatable bonds is 7. The topological polar surface area (TPSA) is 150 Å². The molecule has 6 N–H and O–H groups in total. The molecular formula is C19H29N7O3S. The second-order valence-corrected chi connectivity index (χ2v) is 8.83. The van der Waals surface area contributed by atoms with Gasteiger partial charge >= 0.3 is 0 Å². The van der Waals surface area contributed by atoms with Crippen LogP contribution in [0, 0.1) is 0 Å². The number of imidazole rings is 1. The van der Waals surface area contributed by atoms with E-state index in [0.29, 0.717) is 46.4 Å². The van der Waals surface area contributed by atoms with Crippen LogP contribution in [0.2, 0.25) is 0 Å². The molecule has 1 atom stereocenters. The van der Waals surface area contributed by atoms with Crippen LogP contribution in [0.4, 0.5) is 5.82 Å². The van der Waals surface area contributed by atoms with Crippen LogP contribution in [-0.2, 0) is 11.3 Å². The predicted octanol–water partition coefficient (Wildman–Crippen LogP) is -0.611. The lowest BCUT2D eigenvalue weighted by atomic mass is 10.1. The summed E-state index contributed by atoms with van der Waals surface area (Å²) in [5.74, 6) is 2.09. The van der Waals surface area contributed by atoms with E-state index in [1.807, 2.05) is 23.3 Å². The largest absolute Gasteiger partial charge is 0.490 e. The molecule has 10 nitrogen and oxygen atoms in total. The van der Waals surface area contributed by atoms with E-state index in [2.05, 4.69) is 27.2 Å². The zero-order valence-corrected chi connectivity index (χ0v) is 18.3. The molecule has 1 saturated heterocycles. The molecule has 0 unspecified atom stereocenters. The van der Waals surface area contributed by atoms with Crippen LogP contribution in [0.1, 0.15) is 20.8 Å². The Morgan fingerprint density at radius 3 is 2.80 bits per heavy atom. The van der Waals surface area contributed by atoms with Crippen LogP contribution >= 0.6 is 11.8 Å². The minimum Gasteiger partial charge on any atom is -0.490 e.